The average Bonchev–Trinajstić information content (AvgIpc) is 2.91. The van der Waals surface area contributed by atoms with Gasteiger partial charge in [-0.05, 0) is 39.3 Å². The van der Waals surface area contributed by atoms with Crippen LogP contribution in [-0.2, 0) is 9.59 Å². The van der Waals surface area contributed by atoms with E-state index in [9.17, 15) is 23.6 Å². The number of amides is 4. The summed E-state index contributed by atoms with van der Waals surface area (Å²) in [6.45, 7) is 9.12. The van der Waals surface area contributed by atoms with Crippen molar-refractivity contribution in [1.82, 2.24) is 15.1 Å². The van der Waals surface area contributed by atoms with Crippen molar-refractivity contribution in [2.24, 2.45) is 0 Å². The minimum atomic E-state index is -1.06. The van der Waals surface area contributed by atoms with Crippen LogP contribution in [0.25, 0.3) is 0 Å². The van der Waals surface area contributed by atoms with Crippen molar-refractivity contribution in [3.63, 3.8) is 0 Å². The van der Waals surface area contributed by atoms with E-state index in [0.717, 1.165) is 24.1 Å². The van der Waals surface area contributed by atoms with E-state index in [1.54, 1.807) is 0 Å². The largest absolute Gasteiger partial charge is 0.367 e. The molecule has 0 unspecified atom stereocenters. The fourth-order valence-corrected chi connectivity index (χ4v) is 4.34. The Hall–Kier alpha value is -2.81. The zero-order valence-corrected chi connectivity index (χ0v) is 17.3. The number of carbonyl (C=O) groups excluding carboxylic acids is 4. The van der Waals surface area contributed by atoms with Crippen molar-refractivity contribution in [1.29, 1.82) is 0 Å². The standard InChI is InChI=1S/C21H25FN4O4/c1-21(2,3)25-8-6-24(7-9-25)16-11-13-12(10-14(16)22)19(29)26(20(13)30)15-4-5-17(27)23-18(15)28/h10-11,15H,4-9H2,1-3H3,(H,23,27,28)/t15-/m0/s1. The van der Waals surface area contributed by atoms with E-state index in [2.05, 4.69) is 31.0 Å². The van der Waals surface area contributed by atoms with Crippen LogP contribution < -0.4 is 10.2 Å². The molecule has 8 nitrogen and oxygen atoms in total. The summed E-state index contributed by atoms with van der Waals surface area (Å²) in [7, 11) is 0. The molecule has 2 saturated heterocycles. The number of benzene rings is 1. The molecule has 1 aromatic rings. The number of carbonyl (C=O) groups is 4. The predicted octanol–water partition coefficient (Wildman–Crippen LogP) is 1.15. The maximum atomic E-state index is 14.9. The molecule has 3 aliphatic heterocycles. The van der Waals surface area contributed by atoms with Gasteiger partial charge in [0.25, 0.3) is 11.8 Å². The highest BCUT2D eigenvalue weighted by Crippen LogP contribution is 2.33. The normalized spacial score (nSPS) is 23.1. The predicted molar refractivity (Wildman–Crippen MR) is 107 cm³/mol. The molecule has 3 aliphatic rings. The third kappa shape index (κ3) is 3.36. The zero-order valence-electron chi connectivity index (χ0n) is 17.3. The van der Waals surface area contributed by atoms with Crippen LogP contribution in [0.15, 0.2) is 12.1 Å². The average molecular weight is 416 g/mol. The molecule has 1 atom stereocenters. The first kappa shape index (κ1) is 20.5. The molecule has 0 bridgehead atoms. The molecule has 0 saturated carbocycles. The van der Waals surface area contributed by atoms with E-state index in [0.29, 0.717) is 13.1 Å². The number of halogens is 1. The van der Waals surface area contributed by atoms with Crippen LogP contribution in [0, 0.1) is 5.82 Å². The lowest BCUT2D eigenvalue weighted by Gasteiger charge is -2.43. The Bertz CT molecular complexity index is 947. The summed E-state index contributed by atoms with van der Waals surface area (Å²) in [5.41, 5.74) is 0.361. The summed E-state index contributed by atoms with van der Waals surface area (Å²) in [6, 6.07) is 1.45. The highest BCUT2D eigenvalue weighted by atomic mass is 19.1. The smallest absolute Gasteiger partial charge is 0.262 e. The number of piperidine rings is 1. The number of anilines is 1. The Kier molecular flexibility index (Phi) is 4.88. The lowest BCUT2D eigenvalue weighted by Crippen LogP contribution is -2.54. The number of imide groups is 2. The van der Waals surface area contributed by atoms with Gasteiger partial charge in [0.05, 0.1) is 16.8 Å². The van der Waals surface area contributed by atoms with E-state index < -0.39 is 35.5 Å². The summed E-state index contributed by atoms with van der Waals surface area (Å²) in [6.07, 6.45) is 0.113. The van der Waals surface area contributed by atoms with Gasteiger partial charge in [-0.25, -0.2) is 4.39 Å². The first-order chi connectivity index (χ1) is 14.1. The minimum Gasteiger partial charge on any atom is -0.367 e. The van der Waals surface area contributed by atoms with Crippen molar-refractivity contribution >= 4 is 29.3 Å². The van der Waals surface area contributed by atoms with Gasteiger partial charge >= 0.3 is 0 Å². The van der Waals surface area contributed by atoms with Gasteiger partial charge in [-0.1, -0.05) is 0 Å². The first-order valence-corrected chi connectivity index (χ1v) is 10.1. The van der Waals surface area contributed by atoms with E-state index in [-0.39, 0.29) is 35.2 Å². The van der Waals surface area contributed by atoms with Crippen molar-refractivity contribution < 1.29 is 23.6 Å². The quantitative estimate of drug-likeness (QED) is 0.728. The highest BCUT2D eigenvalue weighted by Gasteiger charge is 2.45. The fraction of sp³-hybridized carbons (Fsp3) is 0.524. The molecule has 0 aliphatic carbocycles. The summed E-state index contributed by atoms with van der Waals surface area (Å²) < 4.78 is 14.9. The molecule has 0 aromatic heterocycles. The molecule has 9 heteroatoms. The third-order valence-corrected chi connectivity index (χ3v) is 6.08. The van der Waals surface area contributed by atoms with E-state index in [1.165, 1.54) is 6.07 Å². The molecule has 0 spiro atoms. The van der Waals surface area contributed by atoms with Gasteiger partial charge in [0.15, 0.2) is 0 Å². The summed E-state index contributed by atoms with van der Waals surface area (Å²) in [5.74, 6) is -3.01. The Balaban J connectivity index is 1.59. The molecule has 2 fully saturated rings. The van der Waals surface area contributed by atoms with Crippen LogP contribution in [-0.4, -0.2) is 71.2 Å². The maximum Gasteiger partial charge on any atom is 0.262 e. The first-order valence-electron chi connectivity index (χ1n) is 10.1. The lowest BCUT2D eigenvalue weighted by molar-refractivity contribution is -0.136. The van der Waals surface area contributed by atoms with Crippen molar-refractivity contribution in [2.45, 2.75) is 45.2 Å². The van der Waals surface area contributed by atoms with E-state index >= 15 is 0 Å². The Morgan fingerprint density at radius 3 is 2.13 bits per heavy atom. The second-order valence-corrected chi connectivity index (χ2v) is 8.94. The van der Waals surface area contributed by atoms with Crippen LogP contribution in [0.4, 0.5) is 10.1 Å². The monoisotopic (exact) mass is 416 g/mol. The van der Waals surface area contributed by atoms with E-state index in [1.807, 2.05) is 4.90 Å². The molecular formula is C21H25FN4O4. The third-order valence-electron chi connectivity index (χ3n) is 6.08. The maximum absolute atomic E-state index is 14.9. The van der Waals surface area contributed by atoms with E-state index in [4.69, 9.17) is 0 Å². The van der Waals surface area contributed by atoms with Crippen LogP contribution in [0.1, 0.15) is 54.3 Å². The summed E-state index contributed by atoms with van der Waals surface area (Å²) >= 11 is 0. The van der Waals surface area contributed by atoms with Crippen LogP contribution in [0.5, 0.6) is 0 Å². The molecule has 1 aromatic carbocycles. The highest BCUT2D eigenvalue weighted by molar-refractivity contribution is 6.23. The Morgan fingerprint density at radius 1 is 0.967 bits per heavy atom. The zero-order chi connectivity index (χ0) is 21.8. The van der Waals surface area contributed by atoms with Crippen molar-refractivity contribution in [3.8, 4) is 0 Å². The summed E-state index contributed by atoms with van der Waals surface area (Å²) in [4.78, 5) is 54.3. The molecule has 1 N–H and O–H groups in total. The van der Waals surface area contributed by atoms with Gasteiger partial charge in [-0.2, -0.15) is 0 Å². The number of fused-ring (bicyclic) bond motifs is 1. The van der Waals surface area contributed by atoms with Gasteiger partial charge in [0.1, 0.15) is 11.9 Å². The molecule has 30 heavy (non-hydrogen) atoms. The number of piperazine rings is 1. The van der Waals surface area contributed by atoms with Crippen LogP contribution in [0.2, 0.25) is 0 Å². The number of nitrogens with one attached hydrogen (secondary N) is 1. The molecule has 3 heterocycles. The Labute approximate surface area is 174 Å². The number of hydrogen-bond donors (Lipinski definition) is 1. The van der Waals surface area contributed by atoms with Gasteiger partial charge in [-0.3, -0.25) is 34.3 Å². The molecule has 4 rings (SSSR count). The minimum absolute atomic E-state index is 0.0212. The van der Waals surface area contributed by atoms with Gasteiger partial charge < -0.3 is 4.90 Å². The molecular weight excluding hydrogens is 391 g/mol. The molecule has 160 valence electrons. The van der Waals surface area contributed by atoms with Crippen LogP contribution >= 0.6 is 0 Å². The van der Waals surface area contributed by atoms with Crippen molar-refractivity contribution in [3.05, 3.63) is 29.1 Å². The topological polar surface area (TPSA) is 90.0 Å². The second kappa shape index (κ2) is 7.16. The van der Waals surface area contributed by atoms with Gasteiger partial charge in [0.2, 0.25) is 11.8 Å². The number of rotatable bonds is 2. The van der Waals surface area contributed by atoms with Gasteiger partial charge in [-0.15, -0.1) is 0 Å². The number of nitrogens with zero attached hydrogens (tertiary/aromatic N) is 3. The van der Waals surface area contributed by atoms with Crippen molar-refractivity contribution in [2.75, 3.05) is 31.1 Å². The van der Waals surface area contributed by atoms with Gasteiger partial charge in [0, 0.05) is 38.1 Å². The summed E-state index contributed by atoms with van der Waals surface area (Å²) in [5, 5.41) is 2.15. The molecule has 0 radical (unpaired) electrons. The lowest BCUT2D eigenvalue weighted by atomic mass is 10.0. The SMILES string of the molecule is CC(C)(C)N1CCN(c2cc3c(cc2F)C(=O)N([C@H]2CCC(=O)NC2=O)C3=O)CC1. The second-order valence-electron chi connectivity index (χ2n) is 8.94. The van der Waals surface area contributed by atoms with Crippen LogP contribution in [0.3, 0.4) is 0 Å². The number of hydrogen-bond acceptors (Lipinski definition) is 6. The molecule has 4 amide bonds. The Morgan fingerprint density at radius 2 is 1.57 bits per heavy atom. The fourth-order valence-electron chi connectivity index (χ4n) is 4.34.